The summed E-state index contributed by atoms with van der Waals surface area (Å²) in [6.07, 6.45) is 0. The van der Waals surface area contributed by atoms with Crippen LogP contribution in [0.3, 0.4) is 0 Å². The molecule has 0 aliphatic rings. The maximum absolute atomic E-state index is 5.07. The van der Waals surface area contributed by atoms with Gasteiger partial charge in [-0.2, -0.15) is 0 Å². The van der Waals surface area contributed by atoms with E-state index in [1.54, 1.807) is 0 Å². The highest BCUT2D eigenvalue weighted by Crippen LogP contribution is 2.33. The standard InChI is InChI=1S/C48H39N3Si/c1-52(2,3)45-28-14-25-42(33-45)40-23-11-21-38(30-40)37-20-10-22-39(29-37)41-24-13-27-44(32-41)48-50-46(35-17-8-5-9-18-35)49-47(51-48)43-26-12-19-36(31-43)34-15-6-4-7-16-34/h4-33H,1-3H3. The molecule has 4 heteroatoms. The number of hydrogen-bond donors (Lipinski definition) is 0. The van der Waals surface area contributed by atoms with Gasteiger partial charge in [0.25, 0.3) is 0 Å². The zero-order valence-electron chi connectivity index (χ0n) is 29.7. The second-order valence-electron chi connectivity index (χ2n) is 14.2. The van der Waals surface area contributed by atoms with E-state index in [0.29, 0.717) is 17.5 Å². The fourth-order valence-electron chi connectivity index (χ4n) is 6.58. The van der Waals surface area contributed by atoms with Crippen molar-refractivity contribution in [2.45, 2.75) is 19.6 Å². The first-order valence-corrected chi connectivity index (χ1v) is 21.3. The molecular weight excluding hydrogens is 647 g/mol. The highest BCUT2D eigenvalue weighted by atomic mass is 28.3. The number of hydrogen-bond acceptors (Lipinski definition) is 3. The average molecular weight is 686 g/mol. The topological polar surface area (TPSA) is 38.7 Å². The van der Waals surface area contributed by atoms with Crippen molar-refractivity contribution in [3.05, 3.63) is 182 Å². The Balaban J connectivity index is 1.16. The molecule has 0 amide bonds. The molecule has 0 unspecified atom stereocenters. The lowest BCUT2D eigenvalue weighted by molar-refractivity contribution is 1.07. The van der Waals surface area contributed by atoms with Crippen LogP contribution < -0.4 is 5.19 Å². The Kier molecular flexibility index (Phi) is 8.98. The van der Waals surface area contributed by atoms with E-state index in [9.17, 15) is 0 Å². The summed E-state index contributed by atoms with van der Waals surface area (Å²) in [7, 11) is -1.42. The molecule has 8 rings (SSSR count). The summed E-state index contributed by atoms with van der Waals surface area (Å²) in [5.41, 5.74) is 12.2. The highest BCUT2D eigenvalue weighted by Gasteiger charge is 2.17. The van der Waals surface area contributed by atoms with Crippen LogP contribution in [-0.4, -0.2) is 23.0 Å². The number of nitrogens with zero attached hydrogens (tertiary/aromatic N) is 3. The summed E-state index contributed by atoms with van der Waals surface area (Å²) < 4.78 is 0. The maximum Gasteiger partial charge on any atom is 0.164 e. The minimum Gasteiger partial charge on any atom is -0.208 e. The number of rotatable bonds is 8. The van der Waals surface area contributed by atoms with Crippen molar-refractivity contribution in [2.24, 2.45) is 0 Å². The predicted octanol–water partition coefficient (Wildman–Crippen LogP) is 12.1. The van der Waals surface area contributed by atoms with Gasteiger partial charge >= 0.3 is 0 Å². The Bertz CT molecular complexity index is 2500. The molecule has 1 aromatic heterocycles. The van der Waals surface area contributed by atoms with Crippen LogP contribution >= 0.6 is 0 Å². The summed E-state index contributed by atoms with van der Waals surface area (Å²) in [4.78, 5) is 15.1. The van der Waals surface area contributed by atoms with Gasteiger partial charge in [0.2, 0.25) is 0 Å². The first-order chi connectivity index (χ1) is 25.4. The van der Waals surface area contributed by atoms with Gasteiger partial charge in [0, 0.05) is 16.7 Å². The second kappa shape index (κ2) is 14.2. The van der Waals surface area contributed by atoms with Crippen LogP contribution in [0.4, 0.5) is 0 Å². The molecule has 0 saturated heterocycles. The van der Waals surface area contributed by atoms with E-state index >= 15 is 0 Å². The number of benzene rings is 7. The molecule has 0 radical (unpaired) electrons. The van der Waals surface area contributed by atoms with Crippen molar-refractivity contribution >= 4 is 13.3 Å². The van der Waals surface area contributed by atoms with Crippen LogP contribution in [-0.2, 0) is 0 Å². The Morgan fingerprint density at radius 3 is 0.981 bits per heavy atom. The molecule has 250 valence electrons. The van der Waals surface area contributed by atoms with Crippen molar-refractivity contribution in [3.63, 3.8) is 0 Å². The maximum atomic E-state index is 5.07. The molecule has 0 bridgehead atoms. The average Bonchev–Trinajstić information content (AvgIpc) is 3.21. The molecule has 3 nitrogen and oxygen atoms in total. The highest BCUT2D eigenvalue weighted by molar-refractivity contribution is 6.88. The van der Waals surface area contributed by atoms with E-state index < -0.39 is 8.07 Å². The smallest absolute Gasteiger partial charge is 0.164 e. The molecule has 7 aromatic carbocycles. The summed E-state index contributed by atoms with van der Waals surface area (Å²) in [5, 5.41) is 1.47. The van der Waals surface area contributed by atoms with Crippen LogP contribution in [0.1, 0.15) is 0 Å². The lowest BCUT2D eigenvalue weighted by Gasteiger charge is -2.17. The lowest BCUT2D eigenvalue weighted by atomic mass is 9.95. The molecule has 0 spiro atoms. The SMILES string of the molecule is C[Si](C)(C)c1cccc(-c2cccc(-c3cccc(-c4cccc(-c5nc(-c6ccccc6)nc(-c6cccc(-c7ccccc7)c6)n5)c4)c3)c2)c1. The summed E-state index contributed by atoms with van der Waals surface area (Å²) in [6, 6.07) is 64.2. The van der Waals surface area contributed by atoms with Crippen LogP contribution in [0.2, 0.25) is 19.6 Å². The molecule has 52 heavy (non-hydrogen) atoms. The molecule has 0 aliphatic heterocycles. The predicted molar refractivity (Wildman–Crippen MR) is 221 cm³/mol. The summed E-state index contributed by atoms with van der Waals surface area (Å²) >= 11 is 0. The second-order valence-corrected chi connectivity index (χ2v) is 19.3. The van der Waals surface area contributed by atoms with E-state index in [-0.39, 0.29) is 0 Å². The summed E-state index contributed by atoms with van der Waals surface area (Å²) in [6.45, 7) is 7.20. The first-order valence-electron chi connectivity index (χ1n) is 17.8. The molecular formula is C48H39N3Si. The molecule has 1 heterocycles. The van der Waals surface area contributed by atoms with E-state index in [0.717, 1.165) is 38.9 Å². The van der Waals surface area contributed by atoms with Gasteiger partial charge in [0.15, 0.2) is 17.5 Å². The third-order valence-corrected chi connectivity index (χ3v) is 11.5. The molecule has 8 aromatic rings. The van der Waals surface area contributed by atoms with Gasteiger partial charge in [0.05, 0.1) is 8.07 Å². The Morgan fingerprint density at radius 1 is 0.269 bits per heavy atom. The molecule has 0 N–H and O–H groups in total. The minimum atomic E-state index is -1.42. The van der Waals surface area contributed by atoms with Crippen LogP contribution in [0, 0.1) is 0 Å². The van der Waals surface area contributed by atoms with Gasteiger partial charge in [0.1, 0.15) is 0 Å². The zero-order valence-corrected chi connectivity index (χ0v) is 30.7. The quantitative estimate of drug-likeness (QED) is 0.149. The van der Waals surface area contributed by atoms with Crippen LogP contribution in [0.5, 0.6) is 0 Å². The van der Waals surface area contributed by atoms with E-state index in [1.165, 1.54) is 27.4 Å². The van der Waals surface area contributed by atoms with Crippen LogP contribution in [0.15, 0.2) is 182 Å². The van der Waals surface area contributed by atoms with E-state index in [4.69, 9.17) is 15.0 Å². The zero-order chi connectivity index (χ0) is 35.5. The number of aromatic nitrogens is 3. The molecule has 0 saturated carbocycles. The first kappa shape index (κ1) is 32.9. The van der Waals surface area contributed by atoms with Crippen molar-refractivity contribution < 1.29 is 0 Å². The Labute approximate surface area is 307 Å². The third-order valence-electron chi connectivity index (χ3n) is 9.47. The van der Waals surface area contributed by atoms with Crippen LogP contribution in [0.25, 0.3) is 78.7 Å². The normalized spacial score (nSPS) is 11.4. The van der Waals surface area contributed by atoms with Gasteiger partial charge in [-0.3, -0.25) is 0 Å². The van der Waals surface area contributed by atoms with Gasteiger partial charge in [-0.15, -0.1) is 0 Å². The fourth-order valence-corrected chi connectivity index (χ4v) is 7.76. The van der Waals surface area contributed by atoms with Gasteiger partial charge in [-0.25, -0.2) is 15.0 Å². The minimum absolute atomic E-state index is 0.639. The van der Waals surface area contributed by atoms with Crippen molar-refractivity contribution in [2.75, 3.05) is 0 Å². The van der Waals surface area contributed by atoms with Crippen molar-refractivity contribution in [1.82, 2.24) is 15.0 Å². The largest absolute Gasteiger partial charge is 0.208 e. The Hall–Kier alpha value is -6.23. The lowest BCUT2D eigenvalue weighted by Crippen LogP contribution is -2.37. The fraction of sp³-hybridized carbons (Fsp3) is 0.0625. The molecule has 0 fully saturated rings. The van der Waals surface area contributed by atoms with Gasteiger partial charge in [-0.1, -0.05) is 183 Å². The third kappa shape index (κ3) is 7.16. The monoisotopic (exact) mass is 685 g/mol. The van der Waals surface area contributed by atoms with Gasteiger partial charge < -0.3 is 0 Å². The molecule has 0 aliphatic carbocycles. The van der Waals surface area contributed by atoms with Crippen molar-refractivity contribution in [1.29, 1.82) is 0 Å². The van der Waals surface area contributed by atoms with E-state index in [2.05, 4.69) is 165 Å². The van der Waals surface area contributed by atoms with Crippen molar-refractivity contribution in [3.8, 4) is 78.7 Å². The summed E-state index contributed by atoms with van der Waals surface area (Å²) in [5.74, 6) is 1.93. The van der Waals surface area contributed by atoms with Gasteiger partial charge in [-0.05, 0) is 68.8 Å². The Morgan fingerprint density at radius 2 is 0.558 bits per heavy atom. The van der Waals surface area contributed by atoms with E-state index in [1.807, 2.05) is 36.4 Å². The molecule has 0 atom stereocenters.